The van der Waals surface area contributed by atoms with Gasteiger partial charge in [0.1, 0.15) is 0 Å². The van der Waals surface area contributed by atoms with Gasteiger partial charge in [-0.2, -0.15) is 0 Å². The summed E-state index contributed by atoms with van der Waals surface area (Å²) in [6.07, 6.45) is 28.6. The van der Waals surface area contributed by atoms with Crippen molar-refractivity contribution in [2.75, 3.05) is 13.2 Å². The molecular weight excluding hydrogens is 508 g/mol. The Bertz CT molecular complexity index is 772. The minimum absolute atomic E-state index is 0.365. The van der Waals surface area contributed by atoms with Crippen LogP contribution in [0, 0.1) is 0 Å². The molecule has 4 heteroatoms. The van der Waals surface area contributed by atoms with Crippen molar-refractivity contribution >= 4 is 11.9 Å². The van der Waals surface area contributed by atoms with Crippen LogP contribution in [0.5, 0.6) is 0 Å². The molecule has 0 radical (unpaired) electrons. The first-order valence-corrected chi connectivity index (χ1v) is 17.6. The van der Waals surface area contributed by atoms with Crippen LogP contribution in [-0.2, 0) is 15.9 Å². The summed E-state index contributed by atoms with van der Waals surface area (Å²) in [7, 11) is 0. The summed E-state index contributed by atoms with van der Waals surface area (Å²) in [4.78, 5) is 26.3. The smallest absolute Gasteiger partial charge is 0.339 e. The lowest BCUT2D eigenvalue weighted by atomic mass is 9.96. The number of unbranched alkanes of at least 4 members (excludes halogenated alkanes) is 20. The number of hydrogen-bond acceptors (Lipinski definition) is 4. The Kier molecular flexibility index (Phi) is 24.5. The topological polar surface area (TPSA) is 52.6 Å². The molecule has 0 spiro atoms. The maximum atomic E-state index is 13.2. The van der Waals surface area contributed by atoms with Crippen molar-refractivity contribution in [2.45, 2.75) is 175 Å². The third-order valence-electron chi connectivity index (χ3n) is 8.09. The normalized spacial score (nSPS) is 11.1. The van der Waals surface area contributed by atoms with Crippen LogP contribution >= 0.6 is 0 Å². The monoisotopic (exact) mass is 572 g/mol. The highest BCUT2D eigenvalue weighted by atomic mass is 16.5. The average molecular weight is 573 g/mol. The lowest BCUT2D eigenvalue weighted by molar-refractivity contribution is 0.0449. The van der Waals surface area contributed by atoms with Gasteiger partial charge in [0, 0.05) is 0 Å². The molecule has 0 aromatic heterocycles. The predicted molar refractivity (Wildman–Crippen MR) is 174 cm³/mol. The lowest BCUT2D eigenvalue weighted by Gasteiger charge is -2.14. The number of carbonyl (C=O) groups excluding carboxylic acids is 2. The van der Waals surface area contributed by atoms with E-state index in [-0.39, 0.29) is 5.97 Å². The Balaban J connectivity index is 2.56. The van der Waals surface area contributed by atoms with Crippen molar-refractivity contribution in [2.24, 2.45) is 0 Å². The van der Waals surface area contributed by atoms with Crippen LogP contribution in [0.2, 0.25) is 0 Å². The zero-order valence-corrected chi connectivity index (χ0v) is 27.2. The quantitative estimate of drug-likeness (QED) is 0.0740. The van der Waals surface area contributed by atoms with Gasteiger partial charge in [0.25, 0.3) is 0 Å². The number of hydrogen-bond donors (Lipinski definition) is 0. The SMILES string of the molecule is CCCCCCCCCCCCCOC(=O)c1cccc(CCCCCCCC)c1C(=O)OCCCCCCCC. The van der Waals surface area contributed by atoms with Crippen molar-refractivity contribution in [1.29, 1.82) is 0 Å². The van der Waals surface area contributed by atoms with Gasteiger partial charge in [-0.25, -0.2) is 9.59 Å². The Morgan fingerprint density at radius 2 is 0.878 bits per heavy atom. The Hall–Kier alpha value is -1.84. The largest absolute Gasteiger partial charge is 0.462 e. The molecule has 0 aliphatic rings. The van der Waals surface area contributed by atoms with Gasteiger partial charge in [0.15, 0.2) is 0 Å². The molecule has 0 aliphatic carbocycles. The number of ether oxygens (including phenoxy) is 2. The van der Waals surface area contributed by atoms with Crippen molar-refractivity contribution < 1.29 is 19.1 Å². The standard InChI is InChI=1S/C37H64O4/c1-4-7-10-13-16-17-18-19-20-23-25-31-40-36(38)34-30-27-29-33(28-24-21-14-11-8-5-2)35(34)37(39)41-32-26-22-15-12-9-6-3/h27,29-30H,4-26,28,31-32H2,1-3H3. The van der Waals surface area contributed by atoms with E-state index >= 15 is 0 Å². The summed E-state index contributed by atoms with van der Waals surface area (Å²) >= 11 is 0. The van der Waals surface area contributed by atoms with Gasteiger partial charge in [-0.3, -0.25) is 0 Å². The molecule has 0 saturated heterocycles. The molecule has 0 saturated carbocycles. The lowest BCUT2D eigenvalue weighted by Crippen LogP contribution is -2.17. The number of rotatable bonds is 28. The number of aryl methyl sites for hydroxylation is 1. The Morgan fingerprint density at radius 3 is 1.34 bits per heavy atom. The molecule has 0 unspecified atom stereocenters. The molecule has 1 aromatic rings. The minimum Gasteiger partial charge on any atom is -0.462 e. The summed E-state index contributed by atoms with van der Waals surface area (Å²) in [5.41, 5.74) is 1.71. The maximum absolute atomic E-state index is 13.2. The maximum Gasteiger partial charge on any atom is 0.339 e. The Labute approximate surface area is 253 Å². The molecule has 0 aliphatic heterocycles. The Morgan fingerprint density at radius 1 is 0.488 bits per heavy atom. The van der Waals surface area contributed by atoms with Crippen molar-refractivity contribution in [1.82, 2.24) is 0 Å². The van der Waals surface area contributed by atoms with Crippen LogP contribution in [0.1, 0.15) is 195 Å². The van der Waals surface area contributed by atoms with Crippen molar-refractivity contribution in [3.8, 4) is 0 Å². The molecule has 0 bridgehead atoms. The van der Waals surface area contributed by atoms with Gasteiger partial charge in [-0.15, -0.1) is 0 Å². The highest BCUT2D eigenvalue weighted by molar-refractivity contribution is 6.04. The zero-order chi connectivity index (χ0) is 29.8. The van der Waals surface area contributed by atoms with Gasteiger partial charge in [-0.05, 0) is 37.3 Å². The first-order chi connectivity index (χ1) is 20.2. The van der Waals surface area contributed by atoms with E-state index in [1.54, 1.807) is 6.07 Å². The van der Waals surface area contributed by atoms with Crippen LogP contribution < -0.4 is 0 Å². The van der Waals surface area contributed by atoms with E-state index in [0.717, 1.165) is 50.5 Å². The van der Waals surface area contributed by atoms with E-state index in [2.05, 4.69) is 20.8 Å². The van der Waals surface area contributed by atoms with Gasteiger partial charge in [0.05, 0.1) is 24.3 Å². The molecule has 0 heterocycles. The van der Waals surface area contributed by atoms with E-state index < -0.39 is 5.97 Å². The molecule has 0 fully saturated rings. The molecule has 4 nitrogen and oxygen atoms in total. The third-order valence-corrected chi connectivity index (χ3v) is 8.09. The van der Waals surface area contributed by atoms with Gasteiger partial charge < -0.3 is 9.47 Å². The highest BCUT2D eigenvalue weighted by Crippen LogP contribution is 2.21. The van der Waals surface area contributed by atoms with Crippen LogP contribution in [-0.4, -0.2) is 25.2 Å². The molecule has 1 aromatic carbocycles. The minimum atomic E-state index is -0.395. The van der Waals surface area contributed by atoms with Gasteiger partial charge >= 0.3 is 11.9 Å². The fourth-order valence-electron chi connectivity index (χ4n) is 5.44. The van der Waals surface area contributed by atoms with Crippen molar-refractivity contribution in [3.05, 3.63) is 34.9 Å². The molecule has 0 amide bonds. The van der Waals surface area contributed by atoms with E-state index in [4.69, 9.17) is 9.47 Å². The summed E-state index contributed by atoms with van der Waals surface area (Å²) < 4.78 is 11.4. The highest BCUT2D eigenvalue weighted by Gasteiger charge is 2.23. The van der Waals surface area contributed by atoms with E-state index in [1.807, 2.05) is 12.1 Å². The number of esters is 2. The van der Waals surface area contributed by atoms with Crippen LogP contribution in [0.3, 0.4) is 0 Å². The summed E-state index contributed by atoms with van der Waals surface area (Å²) in [5.74, 6) is -0.768. The fourth-order valence-corrected chi connectivity index (χ4v) is 5.44. The van der Waals surface area contributed by atoms with Gasteiger partial charge in [0.2, 0.25) is 0 Å². The molecule has 1 rings (SSSR count). The predicted octanol–water partition coefficient (Wildman–Crippen LogP) is 11.6. The number of benzene rings is 1. The molecular formula is C37H64O4. The van der Waals surface area contributed by atoms with Crippen molar-refractivity contribution in [3.63, 3.8) is 0 Å². The molecule has 236 valence electrons. The van der Waals surface area contributed by atoms with E-state index in [9.17, 15) is 9.59 Å². The molecule has 41 heavy (non-hydrogen) atoms. The fraction of sp³-hybridized carbons (Fsp3) is 0.784. The summed E-state index contributed by atoms with van der Waals surface area (Å²) in [6, 6.07) is 5.60. The third kappa shape index (κ3) is 19.1. The molecule has 0 atom stereocenters. The summed E-state index contributed by atoms with van der Waals surface area (Å²) in [5, 5.41) is 0. The molecule has 0 N–H and O–H groups in total. The zero-order valence-electron chi connectivity index (χ0n) is 27.2. The second-order valence-corrected chi connectivity index (χ2v) is 11.9. The first kappa shape index (κ1) is 37.2. The second-order valence-electron chi connectivity index (χ2n) is 11.9. The summed E-state index contributed by atoms with van der Waals surface area (Å²) in [6.45, 7) is 7.51. The van der Waals surface area contributed by atoms with Crippen LogP contribution in [0.25, 0.3) is 0 Å². The number of carbonyl (C=O) groups is 2. The van der Waals surface area contributed by atoms with E-state index in [0.29, 0.717) is 24.3 Å². The second kappa shape index (κ2) is 27.0. The van der Waals surface area contributed by atoms with Crippen LogP contribution in [0.15, 0.2) is 18.2 Å². The average Bonchev–Trinajstić information content (AvgIpc) is 2.98. The first-order valence-electron chi connectivity index (χ1n) is 17.6. The van der Waals surface area contributed by atoms with Gasteiger partial charge in [-0.1, -0.05) is 161 Å². The van der Waals surface area contributed by atoms with E-state index in [1.165, 1.54) is 109 Å². The van der Waals surface area contributed by atoms with Crippen LogP contribution in [0.4, 0.5) is 0 Å².